The average Bonchev–Trinajstić information content (AvgIpc) is 3.31. The predicted octanol–water partition coefficient (Wildman–Crippen LogP) is 2.62. The lowest BCUT2D eigenvalue weighted by molar-refractivity contribution is -0.0286. The number of hydrogen-bond donors (Lipinski definition) is 4. The maximum absolute atomic E-state index is 10.4. The number of aliphatic hydroxyl groups excluding tert-OH is 2. The second-order valence-corrected chi connectivity index (χ2v) is 8.92. The van der Waals surface area contributed by atoms with Gasteiger partial charge in [0.05, 0.1) is 18.1 Å². The van der Waals surface area contributed by atoms with E-state index in [9.17, 15) is 10.2 Å². The van der Waals surface area contributed by atoms with Crippen LogP contribution in [0.15, 0.2) is 29.6 Å². The highest BCUT2D eigenvalue weighted by atomic mass is 127. The summed E-state index contributed by atoms with van der Waals surface area (Å²) in [5.74, 6) is 0.497. The van der Waals surface area contributed by atoms with Crippen molar-refractivity contribution in [2.24, 2.45) is 5.11 Å². The van der Waals surface area contributed by atoms with Crippen molar-refractivity contribution in [2.45, 2.75) is 31.0 Å². The van der Waals surface area contributed by atoms with E-state index in [1.807, 2.05) is 12.1 Å². The zero-order valence-corrected chi connectivity index (χ0v) is 20.3. The fourth-order valence-electron chi connectivity index (χ4n) is 3.44. The fraction of sp³-hybridized carbons (Fsp3) is 0.389. The third-order valence-corrected chi connectivity index (χ3v) is 6.58. The van der Waals surface area contributed by atoms with Crippen LogP contribution in [0.2, 0.25) is 0 Å². The molecule has 5 N–H and O–H groups in total. The van der Waals surface area contributed by atoms with Crippen molar-refractivity contribution in [3.05, 3.63) is 44.1 Å². The van der Waals surface area contributed by atoms with Crippen molar-refractivity contribution in [1.29, 1.82) is 0 Å². The maximum atomic E-state index is 10.4. The van der Waals surface area contributed by atoms with Gasteiger partial charge in [0.2, 0.25) is 5.95 Å². The number of azide groups is 1. The number of nitrogens with two attached hydrogens (primary N) is 1. The van der Waals surface area contributed by atoms with E-state index in [1.165, 1.54) is 6.33 Å². The highest BCUT2D eigenvalue weighted by molar-refractivity contribution is 14.1. The molecule has 12 nitrogen and oxygen atoms in total. The molecule has 0 amide bonds. The number of aliphatic hydroxyl groups is 2. The van der Waals surface area contributed by atoms with Gasteiger partial charge < -0.3 is 26.0 Å². The molecule has 1 aliphatic heterocycles. The van der Waals surface area contributed by atoms with Gasteiger partial charge in [0, 0.05) is 20.4 Å². The van der Waals surface area contributed by atoms with Crippen molar-refractivity contribution in [3.8, 4) is 0 Å². The molecule has 3 heterocycles. The summed E-state index contributed by atoms with van der Waals surface area (Å²) in [5.41, 5.74) is 17.1. The summed E-state index contributed by atoms with van der Waals surface area (Å²) in [4.78, 5) is 15.8. The number of nitrogens with zero attached hydrogens (tertiary/aromatic N) is 7. The van der Waals surface area contributed by atoms with Gasteiger partial charge in [0.15, 0.2) is 17.7 Å². The number of nitrogen functional groups attached to an aromatic ring is 1. The van der Waals surface area contributed by atoms with Gasteiger partial charge in [0.1, 0.15) is 17.7 Å². The first-order valence-electron chi connectivity index (χ1n) is 9.58. The van der Waals surface area contributed by atoms with Crippen molar-refractivity contribution >= 4 is 67.1 Å². The number of halogens is 2. The lowest BCUT2D eigenvalue weighted by atomic mass is 10.1. The maximum Gasteiger partial charge on any atom is 0.226 e. The molecule has 1 fully saturated rings. The molecule has 0 radical (unpaired) electrons. The minimum atomic E-state index is -1.14. The number of fused-ring (bicyclic) bond motifs is 1. The summed E-state index contributed by atoms with van der Waals surface area (Å²) in [6.45, 7) is 0.531. The Labute approximate surface area is 204 Å². The third-order valence-electron chi connectivity index (χ3n) is 5.07. The fourth-order valence-corrected chi connectivity index (χ4v) is 4.67. The number of ether oxygens (including phenoxy) is 1. The van der Waals surface area contributed by atoms with Gasteiger partial charge in [-0.25, -0.2) is 4.98 Å². The van der Waals surface area contributed by atoms with E-state index in [1.54, 1.807) is 10.6 Å². The lowest BCUT2D eigenvalue weighted by Gasteiger charge is -2.17. The Balaban J connectivity index is 1.51. The molecule has 3 aromatic rings. The molecule has 0 unspecified atom stereocenters. The quantitative estimate of drug-likeness (QED) is 0.103. The molecule has 4 atom stereocenters. The minimum absolute atomic E-state index is 0.189. The third kappa shape index (κ3) is 4.46. The van der Waals surface area contributed by atoms with Crippen LogP contribution in [0.1, 0.15) is 11.8 Å². The predicted molar refractivity (Wildman–Crippen MR) is 130 cm³/mol. The van der Waals surface area contributed by atoms with Gasteiger partial charge >= 0.3 is 0 Å². The van der Waals surface area contributed by atoms with Crippen LogP contribution in [-0.4, -0.2) is 59.9 Å². The molecular weight excluding hydrogens is 597 g/mol. The van der Waals surface area contributed by atoms with Crippen LogP contribution in [0.25, 0.3) is 21.6 Å². The Hall–Kier alpha value is -2.23. The molecule has 1 saturated heterocycles. The zero-order valence-electron chi connectivity index (χ0n) is 16.5. The number of aromatic nitrogens is 4. The Kier molecular flexibility index (Phi) is 6.97. The van der Waals surface area contributed by atoms with Gasteiger partial charge in [-0.1, -0.05) is 33.2 Å². The Bertz CT molecular complexity index is 1190. The van der Waals surface area contributed by atoms with Crippen molar-refractivity contribution in [3.63, 3.8) is 0 Å². The van der Waals surface area contributed by atoms with E-state index in [-0.39, 0.29) is 5.82 Å². The first-order valence-corrected chi connectivity index (χ1v) is 11.8. The van der Waals surface area contributed by atoms with E-state index < -0.39 is 24.5 Å². The molecule has 1 aliphatic rings. The summed E-state index contributed by atoms with van der Waals surface area (Å²) in [6.07, 6.45) is -1.45. The molecule has 0 aliphatic carbocycles. The first kappa shape index (κ1) is 22.9. The van der Waals surface area contributed by atoms with Gasteiger partial charge in [-0.15, -0.1) is 0 Å². The number of hydrogen-bond acceptors (Lipinski definition) is 9. The van der Waals surface area contributed by atoms with Gasteiger partial charge in [0.25, 0.3) is 0 Å². The molecule has 0 bridgehead atoms. The minimum Gasteiger partial charge on any atom is -0.387 e. The summed E-state index contributed by atoms with van der Waals surface area (Å²) >= 11 is 5.40. The molecule has 1 aromatic carbocycles. The molecule has 2 aromatic heterocycles. The highest BCUT2D eigenvalue weighted by Gasteiger charge is 2.43. The second kappa shape index (κ2) is 9.72. The van der Waals surface area contributed by atoms with Gasteiger partial charge in [-0.2, -0.15) is 9.97 Å². The highest BCUT2D eigenvalue weighted by Crippen LogP contribution is 2.33. The van der Waals surface area contributed by atoms with Crippen LogP contribution in [-0.2, 0) is 11.2 Å². The molecule has 0 saturated carbocycles. The molecule has 0 spiro atoms. The SMILES string of the molecule is [N-]=[N+]=Nc1ccc(CCNc2nc(N)c3ncn([C@@H]4O[C@H](CBr)[C@@H](O)[C@H]4O)c3n2)cc1I. The second-order valence-electron chi connectivity index (χ2n) is 7.11. The Morgan fingerprint density at radius 2 is 2.16 bits per heavy atom. The molecule has 4 rings (SSSR count). The summed E-state index contributed by atoms with van der Waals surface area (Å²) in [7, 11) is 0. The largest absolute Gasteiger partial charge is 0.387 e. The zero-order chi connectivity index (χ0) is 22.8. The standard InChI is InChI=1S/C18H19BrIN9O3/c19-6-11-13(30)14(31)17(32-11)29-7-24-12-15(21)25-18(26-16(12)29)23-4-3-8-1-2-10(27-28-22)9(20)5-8/h1-2,5,7,11,13-14,17,30-31H,3-4,6H2,(H3,21,23,25,26)/t11-,13-,14-,17-/m1/s1. The normalized spacial score (nSPS) is 22.8. The average molecular weight is 616 g/mol. The van der Waals surface area contributed by atoms with Crippen LogP contribution in [0.4, 0.5) is 17.5 Å². The van der Waals surface area contributed by atoms with Crippen LogP contribution in [0, 0.1) is 3.57 Å². The van der Waals surface area contributed by atoms with Crippen molar-refractivity contribution < 1.29 is 14.9 Å². The van der Waals surface area contributed by atoms with Gasteiger partial charge in [-0.3, -0.25) is 4.57 Å². The van der Waals surface area contributed by atoms with E-state index >= 15 is 0 Å². The number of benzene rings is 1. The monoisotopic (exact) mass is 615 g/mol. The van der Waals surface area contributed by atoms with Gasteiger partial charge in [-0.05, 0) is 46.2 Å². The van der Waals surface area contributed by atoms with Crippen LogP contribution >= 0.6 is 38.5 Å². The number of rotatable bonds is 7. The van der Waals surface area contributed by atoms with E-state index in [4.69, 9.17) is 16.0 Å². The smallest absolute Gasteiger partial charge is 0.226 e. The summed E-state index contributed by atoms with van der Waals surface area (Å²) in [5, 5.41) is 27.7. The first-order chi connectivity index (χ1) is 15.4. The van der Waals surface area contributed by atoms with Crippen molar-refractivity contribution in [2.75, 3.05) is 22.9 Å². The Morgan fingerprint density at radius 1 is 1.34 bits per heavy atom. The van der Waals surface area contributed by atoms with E-state index in [0.29, 0.717) is 41.1 Å². The Morgan fingerprint density at radius 3 is 2.84 bits per heavy atom. The molecule has 168 valence electrons. The molecule has 14 heteroatoms. The number of alkyl halides is 1. The van der Waals surface area contributed by atoms with Crippen LogP contribution in [0.3, 0.4) is 0 Å². The van der Waals surface area contributed by atoms with E-state index in [0.717, 1.165) is 9.13 Å². The van der Waals surface area contributed by atoms with Crippen LogP contribution < -0.4 is 11.1 Å². The number of nitrogens with one attached hydrogen (secondary N) is 1. The van der Waals surface area contributed by atoms with E-state index in [2.05, 4.69) is 68.8 Å². The summed E-state index contributed by atoms with van der Waals surface area (Å²) < 4.78 is 8.18. The van der Waals surface area contributed by atoms with Crippen LogP contribution in [0.5, 0.6) is 0 Å². The molecule has 32 heavy (non-hydrogen) atoms. The molecular formula is C18H19BrIN9O3. The lowest BCUT2D eigenvalue weighted by Crippen LogP contribution is -2.32. The number of imidazole rings is 1. The van der Waals surface area contributed by atoms with Crippen molar-refractivity contribution in [1.82, 2.24) is 19.5 Å². The summed E-state index contributed by atoms with van der Waals surface area (Å²) in [6, 6.07) is 5.62. The topological polar surface area (TPSA) is 180 Å². The number of anilines is 2.